The van der Waals surface area contributed by atoms with Crippen molar-refractivity contribution in [2.45, 2.75) is 32.6 Å². The van der Waals surface area contributed by atoms with Gasteiger partial charge in [0.15, 0.2) is 5.96 Å². The molecular weight excluding hydrogens is 509 g/mol. The number of rotatable bonds is 10. The minimum absolute atomic E-state index is 0. The summed E-state index contributed by atoms with van der Waals surface area (Å²) in [5, 5.41) is 3.50. The Bertz CT molecular complexity index is 642. The number of carbonyl (C=O) groups excluding carboxylic acids is 1. The summed E-state index contributed by atoms with van der Waals surface area (Å²) in [6, 6.07) is 3.91. The average molecular weight is 547 g/mol. The van der Waals surface area contributed by atoms with Gasteiger partial charge >= 0.3 is 0 Å². The molecule has 1 aromatic rings. The first-order valence-electron chi connectivity index (χ1n) is 11.4. The lowest BCUT2D eigenvalue weighted by molar-refractivity contribution is -0.131. The predicted molar refractivity (Wildman–Crippen MR) is 133 cm³/mol. The van der Waals surface area contributed by atoms with Gasteiger partial charge in [-0.15, -0.1) is 24.0 Å². The molecule has 1 aromatic heterocycles. The molecule has 1 amide bonds. The Balaban J connectivity index is 0.00000341. The van der Waals surface area contributed by atoms with Crippen molar-refractivity contribution >= 4 is 35.8 Å². The molecule has 0 aliphatic carbocycles. The van der Waals surface area contributed by atoms with E-state index in [4.69, 9.17) is 14.1 Å². The van der Waals surface area contributed by atoms with Crippen LogP contribution in [0.25, 0.3) is 0 Å². The van der Waals surface area contributed by atoms with E-state index < -0.39 is 0 Å². The van der Waals surface area contributed by atoms with E-state index >= 15 is 0 Å². The molecule has 0 bridgehead atoms. The van der Waals surface area contributed by atoms with Crippen molar-refractivity contribution in [1.82, 2.24) is 20.0 Å². The van der Waals surface area contributed by atoms with Crippen molar-refractivity contribution in [3.8, 4) is 0 Å². The zero-order chi connectivity index (χ0) is 21.0. The van der Waals surface area contributed by atoms with E-state index in [0.717, 1.165) is 103 Å². The minimum atomic E-state index is 0. The number of aliphatic imine (C=N–C) groups is 1. The zero-order valence-corrected chi connectivity index (χ0v) is 21.1. The summed E-state index contributed by atoms with van der Waals surface area (Å²) >= 11 is 0. The molecule has 2 saturated heterocycles. The van der Waals surface area contributed by atoms with Crippen molar-refractivity contribution in [3.63, 3.8) is 0 Å². The van der Waals surface area contributed by atoms with Crippen LogP contribution in [0.1, 0.15) is 31.9 Å². The van der Waals surface area contributed by atoms with Gasteiger partial charge in [0.05, 0.1) is 12.8 Å². The second-order valence-corrected chi connectivity index (χ2v) is 7.86. The molecule has 176 valence electrons. The van der Waals surface area contributed by atoms with Crippen LogP contribution in [0.5, 0.6) is 0 Å². The number of nitrogens with one attached hydrogen (secondary N) is 1. The van der Waals surface area contributed by atoms with Gasteiger partial charge in [0.1, 0.15) is 5.76 Å². The van der Waals surface area contributed by atoms with Crippen LogP contribution in [-0.4, -0.2) is 98.7 Å². The Hall–Kier alpha value is -1.33. The van der Waals surface area contributed by atoms with Crippen molar-refractivity contribution in [3.05, 3.63) is 24.2 Å². The normalized spacial score (nSPS) is 17.6. The maximum atomic E-state index is 12.4. The molecule has 0 radical (unpaired) electrons. The number of amides is 1. The molecule has 0 saturated carbocycles. The number of hydrogen-bond donors (Lipinski definition) is 1. The van der Waals surface area contributed by atoms with Crippen molar-refractivity contribution < 1.29 is 13.9 Å². The number of nitrogens with zero attached hydrogens (tertiary/aromatic N) is 4. The van der Waals surface area contributed by atoms with Gasteiger partial charge in [-0.2, -0.15) is 0 Å². The predicted octanol–water partition coefficient (Wildman–Crippen LogP) is 2.05. The van der Waals surface area contributed by atoms with Gasteiger partial charge in [-0.3, -0.25) is 14.7 Å². The van der Waals surface area contributed by atoms with Gasteiger partial charge in [0.2, 0.25) is 5.91 Å². The summed E-state index contributed by atoms with van der Waals surface area (Å²) in [5.41, 5.74) is 0. The van der Waals surface area contributed by atoms with E-state index in [2.05, 4.69) is 15.1 Å². The smallest absolute Gasteiger partial charge is 0.236 e. The fraction of sp³-hybridized carbons (Fsp3) is 0.727. The Labute approximate surface area is 203 Å². The summed E-state index contributed by atoms with van der Waals surface area (Å²) in [6.45, 7) is 11.0. The first-order chi connectivity index (χ1) is 14.8. The maximum Gasteiger partial charge on any atom is 0.236 e. The molecule has 2 aliphatic rings. The van der Waals surface area contributed by atoms with Gasteiger partial charge in [-0.05, 0) is 38.3 Å². The monoisotopic (exact) mass is 547 g/mol. The number of furan rings is 1. The molecular formula is C22H38IN5O3. The standard InChI is InChI=1S/C22H37N5O3.HI/c1-2-29-17-6-9-23-22(24-10-8-20-7-5-18-30-20)27-15-13-25(14-16-27)19-21(28)26-11-3-4-12-26;/h5,7,18H,2-4,6,8-17,19H2,1H3,(H,23,24);1H. The average Bonchev–Trinajstić information content (AvgIpc) is 3.47. The molecule has 8 nitrogen and oxygen atoms in total. The van der Waals surface area contributed by atoms with E-state index in [-0.39, 0.29) is 29.9 Å². The van der Waals surface area contributed by atoms with Crippen LogP contribution < -0.4 is 5.32 Å². The highest BCUT2D eigenvalue weighted by Gasteiger charge is 2.24. The van der Waals surface area contributed by atoms with Gasteiger partial charge in [0.25, 0.3) is 0 Å². The van der Waals surface area contributed by atoms with Crippen LogP contribution in [0.15, 0.2) is 27.8 Å². The number of halogens is 1. The molecule has 1 N–H and O–H groups in total. The quantitative estimate of drug-likeness (QED) is 0.209. The Morgan fingerprint density at radius 3 is 2.61 bits per heavy atom. The fourth-order valence-corrected chi connectivity index (χ4v) is 3.89. The topological polar surface area (TPSA) is 73.5 Å². The Morgan fingerprint density at radius 2 is 1.94 bits per heavy atom. The molecule has 3 rings (SSSR count). The third-order valence-electron chi connectivity index (χ3n) is 5.64. The highest BCUT2D eigenvalue weighted by Crippen LogP contribution is 2.10. The van der Waals surface area contributed by atoms with Gasteiger partial charge in [-0.25, -0.2) is 0 Å². The number of likely N-dealkylation sites (tertiary alicyclic amines) is 1. The number of guanidine groups is 1. The summed E-state index contributed by atoms with van der Waals surface area (Å²) < 4.78 is 10.9. The zero-order valence-electron chi connectivity index (χ0n) is 18.8. The fourth-order valence-electron chi connectivity index (χ4n) is 3.89. The van der Waals surface area contributed by atoms with E-state index in [1.165, 1.54) is 0 Å². The second kappa shape index (κ2) is 14.7. The number of carbonyl (C=O) groups is 1. The van der Waals surface area contributed by atoms with Crippen LogP contribution >= 0.6 is 24.0 Å². The number of hydrogen-bond acceptors (Lipinski definition) is 5. The largest absolute Gasteiger partial charge is 0.469 e. The molecule has 3 heterocycles. The number of ether oxygens (including phenoxy) is 1. The molecule has 0 unspecified atom stereocenters. The summed E-state index contributed by atoms with van der Waals surface area (Å²) in [6.07, 6.45) is 5.75. The van der Waals surface area contributed by atoms with Gasteiger partial charge < -0.3 is 24.3 Å². The highest BCUT2D eigenvalue weighted by molar-refractivity contribution is 14.0. The lowest BCUT2D eigenvalue weighted by atomic mass is 10.3. The Morgan fingerprint density at radius 1 is 1.16 bits per heavy atom. The second-order valence-electron chi connectivity index (χ2n) is 7.86. The van der Waals surface area contributed by atoms with Gasteiger partial charge in [0, 0.05) is 72.0 Å². The molecule has 0 aromatic carbocycles. The highest BCUT2D eigenvalue weighted by atomic mass is 127. The van der Waals surface area contributed by atoms with Crippen molar-refractivity contribution in [2.24, 2.45) is 4.99 Å². The van der Waals surface area contributed by atoms with Crippen LogP contribution in [0.3, 0.4) is 0 Å². The minimum Gasteiger partial charge on any atom is -0.469 e. The van der Waals surface area contributed by atoms with Crippen molar-refractivity contribution in [2.75, 3.05) is 72.1 Å². The lowest BCUT2D eigenvalue weighted by Gasteiger charge is -2.36. The number of piperazine rings is 1. The van der Waals surface area contributed by atoms with Crippen LogP contribution in [0.2, 0.25) is 0 Å². The third kappa shape index (κ3) is 8.97. The first-order valence-corrected chi connectivity index (χ1v) is 11.4. The molecule has 2 aliphatic heterocycles. The summed E-state index contributed by atoms with van der Waals surface area (Å²) in [4.78, 5) is 23.8. The molecule has 9 heteroatoms. The lowest BCUT2D eigenvalue weighted by Crippen LogP contribution is -2.54. The van der Waals surface area contributed by atoms with Crippen LogP contribution in [-0.2, 0) is 16.0 Å². The van der Waals surface area contributed by atoms with E-state index in [1.54, 1.807) is 6.26 Å². The van der Waals surface area contributed by atoms with Crippen molar-refractivity contribution in [1.29, 1.82) is 0 Å². The van der Waals surface area contributed by atoms with E-state index in [1.807, 2.05) is 24.0 Å². The summed E-state index contributed by atoms with van der Waals surface area (Å²) in [7, 11) is 0. The van der Waals surface area contributed by atoms with E-state index in [0.29, 0.717) is 6.54 Å². The van der Waals surface area contributed by atoms with Crippen LogP contribution in [0.4, 0.5) is 0 Å². The molecule has 31 heavy (non-hydrogen) atoms. The summed E-state index contributed by atoms with van der Waals surface area (Å²) in [5.74, 6) is 2.20. The first kappa shape index (κ1) is 25.9. The molecule has 0 spiro atoms. The SMILES string of the molecule is CCOCCCN=C(NCCc1ccco1)N1CCN(CC(=O)N2CCCC2)CC1.I. The third-order valence-corrected chi connectivity index (χ3v) is 5.64. The molecule has 2 fully saturated rings. The Kier molecular flexibility index (Phi) is 12.3. The maximum absolute atomic E-state index is 12.4. The van der Waals surface area contributed by atoms with Gasteiger partial charge in [-0.1, -0.05) is 0 Å². The molecule has 0 atom stereocenters. The van der Waals surface area contributed by atoms with E-state index in [9.17, 15) is 4.79 Å². The van der Waals surface area contributed by atoms with Crippen LogP contribution in [0, 0.1) is 0 Å².